The average molecular weight is 199 g/mol. The SMILES string of the molecule is CC(C)C(C)C1O[C@@H](C)CN1C(C)C. The van der Waals surface area contributed by atoms with E-state index in [0.717, 1.165) is 6.54 Å². The highest BCUT2D eigenvalue weighted by Crippen LogP contribution is 2.28. The highest BCUT2D eigenvalue weighted by Gasteiger charge is 2.36. The molecule has 0 aromatic carbocycles. The third kappa shape index (κ3) is 2.48. The zero-order valence-corrected chi connectivity index (χ0v) is 10.4. The lowest BCUT2D eigenvalue weighted by Gasteiger charge is -2.32. The second kappa shape index (κ2) is 4.63. The van der Waals surface area contributed by atoms with Crippen molar-refractivity contribution in [2.45, 2.75) is 59.9 Å². The molecule has 0 aromatic heterocycles. The molecule has 2 nitrogen and oxygen atoms in total. The number of ether oxygens (including phenoxy) is 1. The lowest BCUT2D eigenvalue weighted by molar-refractivity contribution is -0.0517. The molecule has 14 heavy (non-hydrogen) atoms. The summed E-state index contributed by atoms with van der Waals surface area (Å²) >= 11 is 0. The molecule has 84 valence electrons. The maximum absolute atomic E-state index is 5.98. The van der Waals surface area contributed by atoms with Gasteiger partial charge in [-0.25, -0.2) is 0 Å². The van der Waals surface area contributed by atoms with Crippen LogP contribution in [-0.2, 0) is 4.74 Å². The van der Waals surface area contributed by atoms with Crippen LogP contribution < -0.4 is 0 Å². The van der Waals surface area contributed by atoms with Crippen LogP contribution in [0.25, 0.3) is 0 Å². The Kier molecular flexibility index (Phi) is 3.96. The third-order valence-electron chi connectivity index (χ3n) is 3.33. The molecule has 1 aliphatic rings. The van der Waals surface area contributed by atoms with Gasteiger partial charge in [0.25, 0.3) is 0 Å². The lowest BCUT2D eigenvalue weighted by Crippen LogP contribution is -2.41. The summed E-state index contributed by atoms with van der Waals surface area (Å²) in [5.74, 6) is 1.30. The second-order valence-electron chi connectivity index (χ2n) is 5.23. The van der Waals surface area contributed by atoms with E-state index in [-0.39, 0.29) is 0 Å². The van der Waals surface area contributed by atoms with Gasteiger partial charge in [-0.15, -0.1) is 0 Å². The first-order chi connectivity index (χ1) is 6.43. The first-order valence-corrected chi connectivity index (χ1v) is 5.84. The summed E-state index contributed by atoms with van der Waals surface area (Å²) in [6.45, 7) is 14.6. The summed E-state index contributed by atoms with van der Waals surface area (Å²) in [5.41, 5.74) is 0. The van der Waals surface area contributed by atoms with Crippen molar-refractivity contribution >= 4 is 0 Å². The van der Waals surface area contributed by atoms with Crippen LogP contribution in [0, 0.1) is 11.8 Å². The third-order valence-corrected chi connectivity index (χ3v) is 3.33. The summed E-state index contributed by atoms with van der Waals surface area (Å²) < 4.78 is 5.98. The molecule has 0 bridgehead atoms. The van der Waals surface area contributed by atoms with Crippen LogP contribution >= 0.6 is 0 Å². The maximum Gasteiger partial charge on any atom is 0.114 e. The van der Waals surface area contributed by atoms with E-state index in [1.165, 1.54) is 0 Å². The van der Waals surface area contributed by atoms with E-state index in [0.29, 0.717) is 30.2 Å². The van der Waals surface area contributed by atoms with Gasteiger partial charge in [-0.1, -0.05) is 20.8 Å². The zero-order valence-electron chi connectivity index (χ0n) is 10.4. The van der Waals surface area contributed by atoms with Crippen molar-refractivity contribution in [3.63, 3.8) is 0 Å². The zero-order chi connectivity index (χ0) is 10.9. The molecule has 0 aliphatic carbocycles. The van der Waals surface area contributed by atoms with Crippen LogP contribution in [-0.4, -0.2) is 29.8 Å². The van der Waals surface area contributed by atoms with Gasteiger partial charge in [-0.3, -0.25) is 4.90 Å². The fourth-order valence-electron chi connectivity index (χ4n) is 2.02. The predicted octanol–water partition coefficient (Wildman–Crippen LogP) is 2.73. The molecule has 1 aliphatic heterocycles. The molecule has 3 atom stereocenters. The fourth-order valence-corrected chi connectivity index (χ4v) is 2.02. The van der Waals surface area contributed by atoms with Crippen LogP contribution in [0.1, 0.15) is 41.5 Å². The summed E-state index contributed by atoms with van der Waals surface area (Å²) in [6.07, 6.45) is 0.716. The first kappa shape index (κ1) is 12.0. The minimum Gasteiger partial charge on any atom is -0.359 e. The van der Waals surface area contributed by atoms with Crippen molar-refractivity contribution in [1.82, 2.24) is 4.90 Å². The Morgan fingerprint density at radius 2 is 1.71 bits per heavy atom. The van der Waals surface area contributed by atoms with E-state index in [1.807, 2.05) is 0 Å². The van der Waals surface area contributed by atoms with Crippen LogP contribution in [0.4, 0.5) is 0 Å². The minimum atomic E-state index is 0.324. The minimum absolute atomic E-state index is 0.324. The molecule has 1 saturated heterocycles. The van der Waals surface area contributed by atoms with E-state index in [4.69, 9.17) is 4.74 Å². The lowest BCUT2D eigenvalue weighted by atomic mass is 9.95. The van der Waals surface area contributed by atoms with Crippen LogP contribution in [0.15, 0.2) is 0 Å². The van der Waals surface area contributed by atoms with Gasteiger partial charge in [0.2, 0.25) is 0 Å². The maximum atomic E-state index is 5.98. The van der Waals surface area contributed by atoms with Crippen LogP contribution in [0.2, 0.25) is 0 Å². The van der Waals surface area contributed by atoms with Crippen molar-refractivity contribution in [2.24, 2.45) is 11.8 Å². The molecule has 2 unspecified atom stereocenters. The first-order valence-electron chi connectivity index (χ1n) is 5.84. The number of nitrogens with zero attached hydrogens (tertiary/aromatic N) is 1. The van der Waals surface area contributed by atoms with E-state index in [9.17, 15) is 0 Å². The van der Waals surface area contributed by atoms with Gasteiger partial charge < -0.3 is 4.74 Å². The van der Waals surface area contributed by atoms with Gasteiger partial charge in [0.15, 0.2) is 0 Å². The fraction of sp³-hybridized carbons (Fsp3) is 1.00. The van der Waals surface area contributed by atoms with Gasteiger partial charge in [-0.05, 0) is 32.6 Å². The van der Waals surface area contributed by atoms with Gasteiger partial charge in [0.05, 0.1) is 6.10 Å². The van der Waals surface area contributed by atoms with Gasteiger partial charge >= 0.3 is 0 Å². The molecule has 0 amide bonds. The Morgan fingerprint density at radius 1 is 1.14 bits per heavy atom. The monoisotopic (exact) mass is 199 g/mol. The normalized spacial score (nSPS) is 31.7. The van der Waals surface area contributed by atoms with Crippen molar-refractivity contribution in [1.29, 1.82) is 0 Å². The molecule has 1 fully saturated rings. The molecule has 0 N–H and O–H groups in total. The topological polar surface area (TPSA) is 12.5 Å². The number of hydrogen-bond donors (Lipinski definition) is 0. The molecule has 2 heteroatoms. The quantitative estimate of drug-likeness (QED) is 0.693. The smallest absolute Gasteiger partial charge is 0.114 e. The van der Waals surface area contributed by atoms with Gasteiger partial charge in [-0.2, -0.15) is 0 Å². The van der Waals surface area contributed by atoms with E-state index in [2.05, 4.69) is 46.4 Å². The highest BCUT2D eigenvalue weighted by atomic mass is 16.5. The molecule has 0 aromatic rings. The van der Waals surface area contributed by atoms with Gasteiger partial charge in [0.1, 0.15) is 6.23 Å². The molecule has 0 radical (unpaired) electrons. The Bertz CT molecular complexity index is 179. The molecule has 1 heterocycles. The van der Waals surface area contributed by atoms with E-state index < -0.39 is 0 Å². The van der Waals surface area contributed by atoms with Crippen molar-refractivity contribution in [3.05, 3.63) is 0 Å². The van der Waals surface area contributed by atoms with Crippen LogP contribution in [0.3, 0.4) is 0 Å². The Labute approximate surface area is 88.6 Å². The van der Waals surface area contributed by atoms with Crippen molar-refractivity contribution in [3.8, 4) is 0 Å². The van der Waals surface area contributed by atoms with E-state index >= 15 is 0 Å². The summed E-state index contributed by atoms with van der Waals surface area (Å²) in [4.78, 5) is 2.48. The summed E-state index contributed by atoms with van der Waals surface area (Å²) in [5, 5.41) is 0. The Hall–Kier alpha value is -0.0800. The number of rotatable bonds is 3. The largest absolute Gasteiger partial charge is 0.359 e. The molecule has 1 rings (SSSR count). The molecular formula is C12H25NO. The Balaban J connectivity index is 2.66. The average Bonchev–Trinajstić information content (AvgIpc) is 2.45. The van der Waals surface area contributed by atoms with Crippen molar-refractivity contribution < 1.29 is 4.74 Å². The molecule has 0 spiro atoms. The second-order valence-corrected chi connectivity index (χ2v) is 5.23. The predicted molar refractivity (Wildman–Crippen MR) is 60.2 cm³/mol. The molecule has 0 saturated carbocycles. The molecular weight excluding hydrogens is 174 g/mol. The standard InChI is InChI=1S/C12H25NO/c1-8(2)11(6)12-13(9(3)4)7-10(5)14-12/h8-12H,7H2,1-6H3/t10-,11?,12?/m0/s1. The van der Waals surface area contributed by atoms with Gasteiger partial charge in [0, 0.05) is 12.6 Å². The highest BCUT2D eigenvalue weighted by molar-refractivity contribution is 4.82. The van der Waals surface area contributed by atoms with Crippen molar-refractivity contribution in [2.75, 3.05) is 6.54 Å². The summed E-state index contributed by atoms with van der Waals surface area (Å²) in [7, 11) is 0. The number of hydrogen-bond acceptors (Lipinski definition) is 2. The summed E-state index contributed by atoms with van der Waals surface area (Å²) in [6, 6.07) is 0.589. The van der Waals surface area contributed by atoms with E-state index in [1.54, 1.807) is 0 Å². The van der Waals surface area contributed by atoms with Crippen LogP contribution in [0.5, 0.6) is 0 Å². The Morgan fingerprint density at radius 3 is 2.14 bits per heavy atom.